The third kappa shape index (κ3) is 3.73. The average Bonchev–Trinajstić information content (AvgIpc) is 2.38. The van der Waals surface area contributed by atoms with Gasteiger partial charge in [0.2, 0.25) is 5.82 Å². The predicted octanol–water partition coefficient (Wildman–Crippen LogP) is 1.36. The molecule has 0 aliphatic rings. The predicted molar refractivity (Wildman–Crippen MR) is 69.0 cm³/mol. The Morgan fingerprint density at radius 1 is 1.63 bits per heavy atom. The normalized spacial score (nSPS) is 11.0. The lowest BCUT2D eigenvalue weighted by molar-refractivity contribution is -0.384. The van der Waals surface area contributed by atoms with Crippen LogP contribution in [0.4, 0.5) is 11.5 Å². The van der Waals surface area contributed by atoms with Crippen LogP contribution < -0.4 is 5.01 Å². The van der Waals surface area contributed by atoms with Crippen molar-refractivity contribution < 1.29 is 14.5 Å². The van der Waals surface area contributed by atoms with Gasteiger partial charge in [0.05, 0.1) is 11.5 Å². The van der Waals surface area contributed by atoms with Crippen molar-refractivity contribution in [3.63, 3.8) is 0 Å². The van der Waals surface area contributed by atoms with Crippen LogP contribution in [0.2, 0.25) is 0 Å². The minimum atomic E-state index is -0.576. The van der Waals surface area contributed by atoms with Gasteiger partial charge in [-0.3, -0.25) is 10.1 Å². The maximum absolute atomic E-state index is 11.4. The van der Waals surface area contributed by atoms with Crippen molar-refractivity contribution >= 4 is 23.2 Å². The molecule has 1 heterocycles. The summed E-state index contributed by atoms with van der Waals surface area (Å²) in [5.41, 5.74) is -0.102. The molecule has 8 nitrogen and oxygen atoms in total. The standard InChI is InChI=1S/C11H14N4O4/c1-4-19-11(16)8(2)13-14(3)10-9(15(17)18)6-5-7-12-10/h5-7H,4H2,1-3H3. The van der Waals surface area contributed by atoms with Crippen molar-refractivity contribution in [3.8, 4) is 0 Å². The van der Waals surface area contributed by atoms with Gasteiger partial charge in [0.15, 0.2) is 0 Å². The number of carbonyl (C=O) groups excluding carboxylic acids is 1. The Bertz CT molecular complexity index is 515. The molecule has 0 amide bonds. The van der Waals surface area contributed by atoms with Gasteiger partial charge in [-0.2, -0.15) is 5.10 Å². The number of rotatable bonds is 5. The molecule has 0 radical (unpaired) electrons. The van der Waals surface area contributed by atoms with Crippen LogP contribution in [0, 0.1) is 10.1 Å². The quantitative estimate of drug-likeness (QED) is 0.345. The zero-order chi connectivity index (χ0) is 14.4. The topological polar surface area (TPSA) is 97.9 Å². The molecule has 0 bridgehead atoms. The molecule has 0 aliphatic heterocycles. The Labute approximate surface area is 109 Å². The molecule has 8 heteroatoms. The zero-order valence-corrected chi connectivity index (χ0v) is 10.9. The summed E-state index contributed by atoms with van der Waals surface area (Å²) in [5, 5.41) is 15.9. The highest BCUT2D eigenvalue weighted by Crippen LogP contribution is 2.23. The summed E-state index contributed by atoms with van der Waals surface area (Å²) in [7, 11) is 1.47. The molecule has 1 aromatic rings. The van der Waals surface area contributed by atoms with Gasteiger partial charge in [-0.15, -0.1) is 0 Å². The van der Waals surface area contributed by atoms with Crippen molar-refractivity contribution in [2.75, 3.05) is 18.7 Å². The Morgan fingerprint density at radius 3 is 2.89 bits per heavy atom. The van der Waals surface area contributed by atoms with E-state index in [4.69, 9.17) is 4.74 Å². The highest BCUT2D eigenvalue weighted by Gasteiger charge is 2.18. The first-order chi connectivity index (χ1) is 8.97. The van der Waals surface area contributed by atoms with E-state index in [1.807, 2.05) is 0 Å². The molecule has 102 valence electrons. The zero-order valence-electron chi connectivity index (χ0n) is 10.9. The molecule has 1 aromatic heterocycles. The van der Waals surface area contributed by atoms with E-state index < -0.39 is 10.9 Å². The Morgan fingerprint density at radius 2 is 2.32 bits per heavy atom. The van der Waals surface area contributed by atoms with Crippen LogP contribution in [0.3, 0.4) is 0 Å². The number of nitrogens with zero attached hydrogens (tertiary/aromatic N) is 4. The Balaban J connectivity index is 3.01. The number of nitro groups is 1. The summed E-state index contributed by atoms with van der Waals surface area (Å²) in [6.45, 7) is 3.38. The van der Waals surface area contributed by atoms with Crippen molar-refractivity contribution in [1.82, 2.24) is 4.98 Å². The van der Waals surface area contributed by atoms with E-state index in [0.29, 0.717) is 0 Å². The molecule has 0 fully saturated rings. The number of anilines is 1. The van der Waals surface area contributed by atoms with Crippen molar-refractivity contribution in [1.29, 1.82) is 0 Å². The fourth-order valence-electron chi connectivity index (χ4n) is 1.33. The van der Waals surface area contributed by atoms with Crippen LogP contribution in [0.5, 0.6) is 0 Å². The van der Waals surface area contributed by atoms with E-state index >= 15 is 0 Å². The summed E-state index contributed by atoms with van der Waals surface area (Å²) in [5.74, 6) is -0.524. The molecule has 19 heavy (non-hydrogen) atoms. The first-order valence-corrected chi connectivity index (χ1v) is 5.52. The summed E-state index contributed by atoms with van der Waals surface area (Å²) >= 11 is 0. The van der Waals surface area contributed by atoms with Crippen LogP contribution >= 0.6 is 0 Å². The van der Waals surface area contributed by atoms with Gasteiger partial charge in [0, 0.05) is 19.3 Å². The van der Waals surface area contributed by atoms with Gasteiger partial charge in [-0.05, 0) is 19.9 Å². The van der Waals surface area contributed by atoms with Gasteiger partial charge in [0.1, 0.15) is 5.71 Å². The summed E-state index contributed by atoms with van der Waals surface area (Å²) in [6.07, 6.45) is 1.41. The summed E-state index contributed by atoms with van der Waals surface area (Å²) < 4.78 is 4.77. The first-order valence-electron chi connectivity index (χ1n) is 5.52. The molecule has 0 atom stereocenters. The monoisotopic (exact) mass is 266 g/mol. The maximum Gasteiger partial charge on any atom is 0.354 e. The molecule has 0 spiro atoms. The Kier molecular flexibility index (Phi) is 4.92. The van der Waals surface area contributed by atoms with Crippen molar-refractivity contribution in [2.45, 2.75) is 13.8 Å². The highest BCUT2D eigenvalue weighted by atomic mass is 16.6. The number of carbonyl (C=O) groups is 1. The van der Waals surface area contributed by atoms with Gasteiger partial charge in [-0.25, -0.2) is 14.8 Å². The largest absolute Gasteiger partial charge is 0.461 e. The Hall–Kier alpha value is -2.51. The summed E-state index contributed by atoms with van der Waals surface area (Å²) in [4.78, 5) is 25.6. The van der Waals surface area contributed by atoms with Crippen LogP contribution in [-0.2, 0) is 9.53 Å². The van der Waals surface area contributed by atoms with Gasteiger partial charge < -0.3 is 4.74 Å². The lowest BCUT2D eigenvalue weighted by atomic mass is 10.4. The second-order valence-electron chi connectivity index (χ2n) is 3.53. The number of hydrogen-bond acceptors (Lipinski definition) is 7. The van der Waals surface area contributed by atoms with E-state index in [-0.39, 0.29) is 23.8 Å². The third-order valence-corrected chi connectivity index (χ3v) is 2.14. The van der Waals surface area contributed by atoms with E-state index in [1.54, 1.807) is 6.92 Å². The molecule has 0 unspecified atom stereocenters. The fraction of sp³-hybridized carbons (Fsp3) is 0.364. The maximum atomic E-state index is 11.4. The molecular formula is C11H14N4O4. The minimum absolute atomic E-state index is 0.0520. The highest BCUT2D eigenvalue weighted by molar-refractivity contribution is 6.35. The van der Waals surface area contributed by atoms with Crippen LogP contribution in [0.1, 0.15) is 13.8 Å². The van der Waals surface area contributed by atoms with Gasteiger partial charge in [0.25, 0.3) is 0 Å². The number of aromatic nitrogens is 1. The number of hydrazone groups is 1. The molecule has 0 N–H and O–H groups in total. The van der Waals surface area contributed by atoms with Crippen molar-refractivity contribution in [3.05, 3.63) is 28.4 Å². The van der Waals surface area contributed by atoms with Gasteiger partial charge in [-0.1, -0.05) is 0 Å². The number of hydrogen-bond donors (Lipinski definition) is 0. The van der Waals surface area contributed by atoms with E-state index in [2.05, 4.69) is 10.1 Å². The molecular weight excluding hydrogens is 252 g/mol. The summed E-state index contributed by atoms with van der Waals surface area (Å²) in [6, 6.07) is 2.77. The second kappa shape index (κ2) is 6.43. The van der Waals surface area contributed by atoms with Gasteiger partial charge >= 0.3 is 11.7 Å². The molecule has 0 aromatic carbocycles. The molecule has 0 aliphatic carbocycles. The number of esters is 1. The number of pyridine rings is 1. The van der Waals surface area contributed by atoms with E-state index in [9.17, 15) is 14.9 Å². The van der Waals surface area contributed by atoms with E-state index in [0.717, 1.165) is 0 Å². The van der Waals surface area contributed by atoms with E-state index in [1.165, 1.54) is 37.3 Å². The van der Waals surface area contributed by atoms with Crippen molar-refractivity contribution in [2.24, 2.45) is 5.10 Å². The lowest BCUT2D eigenvalue weighted by Crippen LogP contribution is -2.21. The number of ether oxygens (including phenoxy) is 1. The third-order valence-electron chi connectivity index (χ3n) is 2.14. The molecule has 0 saturated carbocycles. The SMILES string of the molecule is CCOC(=O)C(C)=NN(C)c1ncccc1[N+](=O)[O-]. The first kappa shape index (κ1) is 14.6. The molecule has 0 saturated heterocycles. The smallest absolute Gasteiger partial charge is 0.354 e. The minimum Gasteiger partial charge on any atom is -0.461 e. The molecule has 1 rings (SSSR count). The fourth-order valence-corrected chi connectivity index (χ4v) is 1.33. The van der Waals surface area contributed by atoms with Crippen LogP contribution in [-0.4, -0.2) is 35.2 Å². The second-order valence-corrected chi connectivity index (χ2v) is 3.53. The lowest BCUT2D eigenvalue weighted by Gasteiger charge is -2.12. The van der Waals surface area contributed by atoms with Crippen LogP contribution in [0.25, 0.3) is 0 Å². The van der Waals surface area contributed by atoms with Crippen LogP contribution in [0.15, 0.2) is 23.4 Å². The average molecular weight is 266 g/mol.